The van der Waals surface area contributed by atoms with Gasteiger partial charge in [0, 0.05) is 28.5 Å². The lowest BCUT2D eigenvalue weighted by atomic mass is 10.0. The summed E-state index contributed by atoms with van der Waals surface area (Å²) in [7, 11) is 0. The molecular formula is C22H16F2N4OS. The number of carbonyl (C=O) groups excluding carboxylic acids is 1. The van der Waals surface area contributed by atoms with E-state index in [4.69, 9.17) is 4.98 Å². The molecule has 5 rings (SSSR count). The monoisotopic (exact) mass is 422 g/mol. The number of thiazole rings is 1. The number of anilines is 1. The summed E-state index contributed by atoms with van der Waals surface area (Å²) in [5, 5.41) is 3.47. The zero-order valence-electron chi connectivity index (χ0n) is 15.7. The van der Waals surface area contributed by atoms with Crippen molar-refractivity contribution in [2.24, 2.45) is 0 Å². The van der Waals surface area contributed by atoms with Crippen LogP contribution in [0.3, 0.4) is 0 Å². The molecule has 0 unspecified atom stereocenters. The molecule has 0 radical (unpaired) electrons. The molecule has 30 heavy (non-hydrogen) atoms. The van der Waals surface area contributed by atoms with Crippen molar-refractivity contribution in [2.45, 2.75) is 19.3 Å². The van der Waals surface area contributed by atoms with Gasteiger partial charge >= 0.3 is 0 Å². The van der Waals surface area contributed by atoms with Gasteiger partial charge in [0.15, 0.2) is 5.13 Å². The molecule has 0 saturated heterocycles. The molecule has 0 spiro atoms. The highest BCUT2D eigenvalue weighted by Gasteiger charge is 2.22. The number of nitrogens with zero attached hydrogens (tertiary/aromatic N) is 3. The van der Waals surface area contributed by atoms with Crippen LogP contribution in [0.25, 0.3) is 16.4 Å². The lowest BCUT2D eigenvalue weighted by Gasteiger charge is -2.11. The van der Waals surface area contributed by atoms with Crippen LogP contribution in [-0.2, 0) is 12.8 Å². The van der Waals surface area contributed by atoms with E-state index in [1.165, 1.54) is 10.9 Å². The molecule has 0 fully saturated rings. The van der Waals surface area contributed by atoms with Crippen LogP contribution in [0.15, 0.2) is 55.1 Å². The number of nitrogens with one attached hydrogen (secondary N) is 1. The summed E-state index contributed by atoms with van der Waals surface area (Å²) >= 11 is 1.64. The first-order valence-corrected chi connectivity index (χ1v) is 10.3. The van der Waals surface area contributed by atoms with Crippen molar-refractivity contribution in [2.75, 3.05) is 5.32 Å². The maximum absolute atomic E-state index is 13.9. The predicted octanol–water partition coefficient (Wildman–Crippen LogP) is 5.02. The fourth-order valence-electron chi connectivity index (χ4n) is 3.66. The van der Waals surface area contributed by atoms with Crippen LogP contribution < -0.4 is 5.32 Å². The maximum Gasteiger partial charge on any atom is 0.261 e. The number of fused-ring (bicyclic) bond motifs is 3. The van der Waals surface area contributed by atoms with E-state index < -0.39 is 23.1 Å². The highest BCUT2D eigenvalue weighted by atomic mass is 32.1. The average Bonchev–Trinajstić information content (AvgIpc) is 3.35. The minimum Gasteiger partial charge on any atom is -0.322 e. The van der Waals surface area contributed by atoms with Gasteiger partial charge in [-0.3, -0.25) is 9.36 Å². The SMILES string of the molecule is O=C(Nc1ccc2c(c1)CCCc1sc(-n3ccnc3)nc1-2)c1c(F)cccc1F. The molecule has 150 valence electrons. The molecule has 0 atom stereocenters. The first-order chi connectivity index (χ1) is 14.6. The third-order valence-electron chi connectivity index (χ3n) is 5.07. The minimum atomic E-state index is -0.888. The predicted molar refractivity (Wildman–Crippen MR) is 111 cm³/mol. The molecule has 8 heteroatoms. The smallest absolute Gasteiger partial charge is 0.261 e. The number of benzene rings is 2. The summed E-state index contributed by atoms with van der Waals surface area (Å²) in [6.45, 7) is 0. The van der Waals surface area contributed by atoms with Crippen molar-refractivity contribution in [3.63, 3.8) is 0 Å². The third-order valence-corrected chi connectivity index (χ3v) is 6.20. The lowest BCUT2D eigenvalue weighted by molar-refractivity contribution is 0.101. The molecule has 2 heterocycles. The van der Waals surface area contributed by atoms with Gasteiger partial charge in [0.05, 0.1) is 5.69 Å². The van der Waals surface area contributed by atoms with E-state index in [1.54, 1.807) is 29.9 Å². The van der Waals surface area contributed by atoms with Crippen LogP contribution in [0.5, 0.6) is 0 Å². The Morgan fingerprint density at radius 1 is 1.13 bits per heavy atom. The number of amides is 1. The molecule has 2 aromatic heterocycles. The van der Waals surface area contributed by atoms with E-state index in [9.17, 15) is 13.6 Å². The number of carbonyl (C=O) groups is 1. The van der Waals surface area contributed by atoms with Gasteiger partial charge in [0.1, 0.15) is 23.5 Å². The Morgan fingerprint density at radius 2 is 1.97 bits per heavy atom. The van der Waals surface area contributed by atoms with Crippen LogP contribution in [0, 0.1) is 11.6 Å². The molecule has 1 amide bonds. The maximum atomic E-state index is 13.9. The van der Waals surface area contributed by atoms with Gasteiger partial charge in [-0.05, 0) is 49.1 Å². The fraction of sp³-hybridized carbons (Fsp3) is 0.136. The Labute approximate surface area is 175 Å². The zero-order valence-corrected chi connectivity index (χ0v) is 16.5. The average molecular weight is 422 g/mol. The fourth-order valence-corrected chi connectivity index (χ4v) is 4.73. The number of aromatic nitrogens is 3. The van der Waals surface area contributed by atoms with Gasteiger partial charge in [0.25, 0.3) is 5.91 Å². The van der Waals surface area contributed by atoms with Crippen molar-refractivity contribution in [1.82, 2.24) is 14.5 Å². The molecule has 2 aromatic carbocycles. The molecule has 1 N–H and O–H groups in total. The Hall–Kier alpha value is -3.39. The highest BCUT2D eigenvalue weighted by Crippen LogP contribution is 2.37. The van der Waals surface area contributed by atoms with Gasteiger partial charge in [-0.25, -0.2) is 18.7 Å². The lowest BCUT2D eigenvalue weighted by Crippen LogP contribution is -2.16. The molecule has 0 saturated carbocycles. The van der Waals surface area contributed by atoms with E-state index in [2.05, 4.69) is 10.3 Å². The van der Waals surface area contributed by atoms with Crippen molar-refractivity contribution < 1.29 is 13.6 Å². The highest BCUT2D eigenvalue weighted by molar-refractivity contribution is 7.14. The second kappa shape index (κ2) is 7.46. The van der Waals surface area contributed by atoms with Gasteiger partial charge in [0.2, 0.25) is 0 Å². The number of halogens is 2. The summed E-state index contributed by atoms with van der Waals surface area (Å²) in [5.74, 6) is -2.58. The summed E-state index contributed by atoms with van der Waals surface area (Å²) < 4.78 is 29.7. The number of hydrogen-bond donors (Lipinski definition) is 1. The number of imidazole rings is 1. The summed E-state index contributed by atoms with van der Waals surface area (Å²) in [6, 6.07) is 8.86. The topological polar surface area (TPSA) is 59.8 Å². The van der Waals surface area contributed by atoms with E-state index in [0.29, 0.717) is 5.69 Å². The normalized spacial score (nSPS) is 12.7. The van der Waals surface area contributed by atoms with Gasteiger partial charge < -0.3 is 5.32 Å². The summed E-state index contributed by atoms with van der Waals surface area (Å²) in [5.41, 5.74) is 2.91. The van der Waals surface area contributed by atoms with Crippen molar-refractivity contribution in [3.8, 4) is 16.4 Å². The Kier molecular flexibility index (Phi) is 4.63. The molecule has 4 aromatic rings. The summed E-state index contributed by atoms with van der Waals surface area (Å²) in [6.07, 6.45) is 7.99. The number of hydrogen-bond acceptors (Lipinski definition) is 4. The van der Waals surface area contributed by atoms with Crippen LogP contribution in [-0.4, -0.2) is 20.4 Å². The molecule has 5 nitrogen and oxygen atoms in total. The molecular weight excluding hydrogens is 406 g/mol. The number of aryl methyl sites for hydroxylation is 2. The number of rotatable bonds is 3. The molecule has 0 aliphatic heterocycles. The van der Waals surface area contributed by atoms with Crippen molar-refractivity contribution in [3.05, 3.63) is 82.8 Å². The minimum absolute atomic E-state index is 0.495. The summed E-state index contributed by atoms with van der Waals surface area (Å²) in [4.78, 5) is 22.5. The molecule has 1 aliphatic carbocycles. The van der Waals surface area contributed by atoms with Gasteiger partial charge in [-0.15, -0.1) is 11.3 Å². The van der Waals surface area contributed by atoms with E-state index in [-0.39, 0.29) is 0 Å². The third kappa shape index (κ3) is 3.29. The van der Waals surface area contributed by atoms with Crippen molar-refractivity contribution in [1.29, 1.82) is 0 Å². The zero-order chi connectivity index (χ0) is 20.7. The molecule has 0 bridgehead atoms. The Balaban J connectivity index is 1.47. The Bertz CT molecular complexity index is 1230. The van der Waals surface area contributed by atoms with Crippen molar-refractivity contribution >= 4 is 22.9 Å². The van der Waals surface area contributed by atoms with Crippen LogP contribution >= 0.6 is 11.3 Å². The van der Waals surface area contributed by atoms with Crippen LogP contribution in [0.4, 0.5) is 14.5 Å². The second-order valence-corrected chi connectivity index (χ2v) is 8.08. The largest absolute Gasteiger partial charge is 0.322 e. The van der Waals surface area contributed by atoms with Crippen LogP contribution in [0.1, 0.15) is 27.2 Å². The molecule has 1 aliphatic rings. The van der Waals surface area contributed by atoms with Crippen LogP contribution in [0.2, 0.25) is 0 Å². The first kappa shape index (κ1) is 18.6. The van der Waals surface area contributed by atoms with Gasteiger partial charge in [-0.2, -0.15) is 0 Å². The van der Waals surface area contributed by atoms with E-state index in [0.717, 1.165) is 53.3 Å². The Morgan fingerprint density at radius 3 is 2.73 bits per heavy atom. The first-order valence-electron chi connectivity index (χ1n) is 9.47. The second-order valence-electron chi connectivity index (χ2n) is 7.01. The quantitative estimate of drug-likeness (QED) is 0.505. The standard InChI is InChI=1S/C22H16F2N4OS/c23-16-4-2-5-17(24)19(16)21(29)26-14-7-8-15-13(11-14)3-1-6-18-20(15)27-22(30-18)28-10-9-25-12-28/h2,4-5,7-12H,1,3,6H2,(H,26,29). The van der Waals surface area contributed by atoms with E-state index >= 15 is 0 Å². The van der Waals surface area contributed by atoms with Gasteiger partial charge in [-0.1, -0.05) is 12.1 Å². The van der Waals surface area contributed by atoms with E-state index in [1.807, 2.05) is 22.9 Å².